The van der Waals surface area contributed by atoms with Crippen molar-refractivity contribution in [1.29, 1.82) is 0 Å². The highest BCUT2D eigenvalue weighted by Gasteiger charge is 2.43. The molecule has 44 heavy (non-hydrogen) atoms. The Hall–Kier alpha value is -5.16. The molecule has 2 atom stereocenters. The third-order valence-corrected chi connectivity index (χ3v) is 6.53. The lowest BCUT2D eigenvalue weighted by atomic mass is 9.93. The molecule has 234 valence electrons. The molecule has 0 aliphatic rings. The van der Waals surface area contributed by atoms with Gasteiger partial charge in [-0.1, -0.05) is 0 Å². The van der Waals surface area contributed by atoms with E-state index in [-0.39, 0.29) is 37.3 Å². The van der Waals surface area contributed by atoms with E-state index < -0.39 is 59.5 Å². The van der Waals surface area contributed by atoms with Crippen LogP contribution in [-0.4, -0.2) is 92.8 Å². The summed E-state index contributed by atoms with van der Waals surface area (Å²) >= 11 is 0. The standard InChI is InChI=1S/C28H34N8O8/c29-27(15-37,23(41)19-3-1-11-31-19)25(43)33-13-9-21(39)35-17-5-7-18(8-6-17)36-22(40)10-14-34-26(44)28(30,16-38)24(42)20-4-2-12-32-20/h1-8,11-12,31-32,37-38H,9-10,13-16,29-30H2,(H,33,43)(H,34,44)(H,35,39)(H,36,40)/t27-,28-/m1/s1. The number of aliphatic hydroxyl groups is 2. The third-order valence-electron chi connectivity index (χ3n) is 6.53. The van der Waals surface area contributed by atoms with Gasteiger partial charge in [0.05, 0.1) is 24.6 Å². The number of aromatic amines is 2. The van der Waals surface area contributed by atoms with E-state index in [1.54, 1.807) is 12.1 Å². The second kappa shape index (κ2) is 14.8. The molecule has 0 radical (unpaired) electrons. The number of benzene rings is 1. The molecule has 0 saturated heterocycles. The fraction of sp³-hybridized carbons (Fsp3) is 0.286. The number of Topliss-reactive ketones (excluding diaryl/α,β-unsaturated/α-hetero) is 2. The van der Waals surface area contributed by atoms with Crippen molar-refractivity contribution >= 4 is 46.6 Å². The smallest absolute Gasteiger partial charge is 0.250 e. The number of anilines is 2. The van der Waals surface area contributed by atoms with E-state index in [0.717, 1.165) is 0 Å². The highest BCUT2D eigenvalue weighted by Crippen LogP contribution is 2.15. The molecule has 2 aromatic heterocycles. The van der Waals surface area contributed by atoms with Crippen molar-refractivity contribution in [2.75, 3.05) is 36.9 Å². The summed E-state index contributed by atoms with van der Waals surface area (Å²) in [4.78, 5) is 79.8. The third kappa shape index (κ3) is 8.01. The molecule has 0 saturated carbocycles. The van der Waals surface area contributed by atoms with Gasteiger partial charge in [0, 0.05) is 49.7 Å². The molecule has 16 heteroatoms. The van der Waals surface area contributed by atoms with Gasteiger partial charge in [-0.3, -0.25) is 28.8 Å². The molecule has 0 aliphatic carbocycles. The lowest BCUT2D eigenvalue weighted by molar-refractivity contribution is -0.127. The number of nitrogens with two attached hydrogens (primary N) is 2. The average molecular weight is 611 g/mol. The summed E-state index contributed by atoms with van der Waals surface area (Å²) in [5.41, 5.74) is 8.16. The Morgan fingerprint density at radius 1 is 0.636 bits per heavy atom. The molecule has 3 aromatic rings. The van der Waals surface area contributed by atoms with Crippen LogP contribution in [0.4, 0.5) is 11.4 Å². The molecule has 0 spiro atoms. The molecule has 0 aliphatic heterocycles. The molecule has 0 bridgehead atoms. The minimum Gasteiger partial charge on any atom is -0.393 e. The van der Waals surface area contributed by atoms with E-state index in [1.165, 1.54) is 48.8 Å². The summed E-state index contributed by atoms with van der Waals surface area (Å²) < 4.78 is 0. The number of carbonyl (C=O) groups excluding carboxylic acids is 6. The van der Waals surface area contributed by atoms with Crippen LogP contribution < -0.4 is 32.7 Å². The lowest BCUT2D eigenvalue weighted by Crippen LogP contribution is -2.62. The molecule has 4 amide bonds. The quantitative estimate of drug-likeness (QED) is 0.0653. The zero-order chi connectivity index (χ0) is 32.3. The number of ketones is 2. The topological polar surface area (TPSA) is 275 Å². The monoisotopic (exact) mass is 610 g/mol. The normalized spacial score (nSPS) is 13.5. The van der Waals surface area contributed by atoms with Gasteiger partial charge in [0.1, 0.15) is 0 Å². The zero-order valence-corrected chi connectivity index (χ0v) is 23.5. The van der Waals surface area contributed by atoms with E-state index >= 15 is 0 Å². The van der Waals surface area contributed by atoms with Crippen molar-refractivity contribution in [3.63, 3.8) is 0 Å². The van der Waals surface area contributed by atoms with Gasteiger partial charge in [-0.05, 0) is 48.5 Å². The van der Waals surface area contributed by atoms with Gasteiger partial charge >= 0.3 is 0 Å². The number of carbonyl (C=O) groups is 6. The first kappa shape index (κ1) is 33.3. The fourth-order valence-corrected chi connectivity index (χ4v) is 3.90. The number of aromatic nitrogens is 2. The summed E-state index contributed by atoms with van der Waals surface area (Å²) in [7, 11) is 0. The molecule has 0 fully saturated rings. The minimum atomic E-state index is -2.22. The van der Waals surface area contributed by atoms with Crippen LogP contribution in [-0.2, 0) is 19.2 Å². The number of hydrogen-bond acceptors (Lipinski definition) is 10. The lowest BCUT2D eigenvalue weighted by Gasteiger charge is -2.23. The zero-order valence-electron chi connectivity index (χ0n) is 23.5. The molecule has 3 rings (SSSR count). The number of hydrogen-bond donors (Lipinski definition) is 10. The molecule has 0 unspecified atom stereocenters. The summed E-state index contributed by atoms with van der Waals surface area (Å²) in [6, 6.07) is 12.0. The molecule has 2 heterocycles. The Bertz CT molecular complexity index is 1360. The number of rotatable bonds is 16. The van der Waals surface area contributed by atoms with Gasteiger partial charge in [0.25, 0.3) is 11.8 Å². The first-order valence-electron chi connectivity index (χ1n) is 13.4. The van der Waals surface area contributed by atoms with Gasteiger partial charge in [0.15, 0.2) is 11.1 Å². The van der Waals surface area contributed by atoms with E-state index in [0.29, 0.717) is 11.4 Å². The van der Waals surface area contributed by atoms with Crippen molar-refractivity contribution < 1.29 is 39.0 Å². The second-order valence-electron chi connectivity index (χ2n) is 9.77. The summed E-state index contributed by atoms with van der Waals surface area (Å²) in [5, 5.41) is 29.2. The van der Waals surface area contributed by atoms with Gasteiger partial charge in [-0.25, -0.2) is 0 Å². The Labute approximate surface area is 251 Å². The van der Waals surface area contributed by atoms with Gasteiger partial charge in [-0.15, -0.1) is 0 Å². The number of H-pyrrole nitrogens is 2. The summed E-state index contributed by atoms with van der Waals surface area (Å²) in [6.45, 7) is -2.19. The maximum Gasteiger partial charge on any atom is 0.250 e. The Morgan fingerprint density at radius 2 is 1.00 bits per heavy atom. The summed E-state index contributed by atoms with van der Waals surface area (Å²) in [6.07, 6.45) is 2.62. The maximum absolute atomic E-state index is 12.5. The molecular weight excluding hydrogens is 576 g/mol. The van der Waals surface area contributed by atoms with Crippen LogP contribution in [0.3, 0.4) is 0 Å². The highest BCUT2D eigenvalue weighted by molar-refractivity contribution is 6.18. The van der Waals surface area contributed by atoms with Gasteiger partial charge in [-0.2, -0.15) is 0 Å². The molecule has 12 N–H and O–H groups in total. The predicted octanol–water partition coefficient (Wildman–Crippen LogP) is -1.62. The van der Waals surface area contributed by atoms with E-state index in [2.05, 4.69) is 31.2 Å². The van der Waals surface area contributed by atoms with E-state index in [4.69, 9.17) is 11.5 Å². The van der Waals surface area contributed by atoms with Crippen molar-refractivity contribution in [3.8, 4) is 0 Å². The largest absolute Gasteiger partial charge is 0.393 e. The Balaban J connectivity index is 1.40. The molecular formula is C28H34N8O8. The van der Waals surface area contributed by atoms with Crippen LogP contribution in [0.5, 0.6) is 0 Å². The van der Waals surface area contributed by atoms with Crippen LogP contribution >= 0.6 is 0 Å². The van der Waals surface area contributed by atoms with Gasteiger partial charge in [0.2, 0.25) is 23.4 Å². The molecule has 16 nitrogen and oxygen atoms in total. The van der Waals surface area contributed by atoms with Crippen LogP contribution in [0.1, 0.15) is 33.8 Å². The van der Waals surface area contributed by atoms with Crippen molar-refractivity contribution in [2.24, 2.45) is 11.5 Å². The van der Waals surface area contributed by atoms with Crippen molar-refractivity contribution in [2.45, 2.75) is 23.9 Å². The van der Waals surface area contributed by atoms with Crippen LogP contribution in [0.2, 0.25) is 0 Å². The first-order valence-corrected chi connectivity index (χ1v) is 13.4. The second-order valence-corrected chi connectivity index (χ2v) is 9.77. The van der Waals surface area contributed by atoms with Crippen molar-refractivity contribution in [3.05, 3.63) is 72.3 Å². The minimum absolute atomic E-state index is 0.0540. The van der Waals surface area contributed by atoms with Crippen LogP contribution in [0.15, 0.2) is 60.9 Å². The van der Waals surface area contributed by atoms with E-state index in [9.17, 15) is 39.0 Å². The number of amides is 4. The highest BCUT2D eigenvalue weighted by atomic mass is 16.3. The number of nitrogens with one attached hydrogen (secondary N) is 6. The van der Waals surface area contributed by atoms with E-state index in [1.807, 2.05) is 0 Å². The summed E-state index contributed by atoms with van der Waals surface area (Å²) in [5.74, 6) is -4.41. The van der Waals surface area contributed by atoms with Gasteiger partial charge < -0.3 is 52.9 Å². The number of aliphatic hydroxyl groups excluding tert-OH is 2. The first-order chi connectivity index (χ1) is 20.9. The average Bonchev–Trinajstić information content (AvgIpc) is 3.76. The SMILES string of the molecule is N[C@@](CO)(C(=O)NCCC(=O)Nc1ccc(NC(=O)CCNC(=O)[C@@](N)(CO)C(=O)c2ccc[nH]2)cc1)C(=O)c1ccc[nH]1. The van der Waals surface area contributed by atoms with Crippen molar-refractivity contribution in [1.82, 2.24) is 20.6 Å². The van der Waals surface area contributed by atoms with Crippen LogP contribution in [0, 0.1) is 0 Å². The Kier molecular flexibility index (Phi) is 11.2. The maximum atomic E-state index is 12.5. The van der Waals surface area contributed by atoms with Crippen LogP contribution in [0.25, 0.3) is 0 Å². The predicted molar refractivity (Wildman–Crippen MR) is 157 cm³/mol. The Morgan fingerprint density at radius 3 is 1.30 bits per heavy atom. The molecule has 1 aromatic carbocycles. The fourth-order valence-electron chi connectivity index (χ4n) is 3.90.